The first-order valence-electron chi connectivity index (χ1n) is 4.72. The number of hydrogen-bond acceptors (Lipinski definition) is 3. The predicted molar refractivity (Wildman–Crippen MR) is 55.3 cm³/mol. The number of aliphatic hydroxyl groups is 1. The van der Waals surface area contributed by atoms with Crippen molar-refractivity contribution in [1.29, 1.82) is 0 Å². The molecule has 4 heteroatoms. The Balaban J connectivity index is 3.76. The summed E-state index contributed by atoms with van der Waals surface area (Å²) < 4.78 is 0. The van der Waals surface area contributed by atoms with Crippen LogP contribution >= 0.6 is 0 Å². The molecule has 4 N–H and O–H groups in total. The number of nitrogens with two attached hydrogens (primary N) is 1. The average Bonchev–Trinajstić information content (AvgIpc) is 2.15. The standard InChI is InChI=1S/C10H18N2O2/c1-3-5-9(11)10(14)12-8(2)6-4-7-13/h1,8-9,13H,4-7,11H2,2H3,(H,12,14). The highest BCUT2D eigenvalue weighted by Gasteiger charge is 2.13. The molecule has 0 aliphatic carbocycles. The molecule has 0 saturated carbocycles. The van der Waals surface area contributed by atoms with E-state index in [1.165, 1.54) is 0 Å². The molecular weight excluding hydrogens is 180 g/mol. The van der Waals surface area contributed by atoms with E-state index in [1.807, 2.05) is 6.92 Å². The van der Waals surface area contributed by atoms with Gasteiger partial charge in [-0.05, 0) is 19.8 Å². The third-order valence-corrected chi connectivity index (χ3v) is 1.86. The lowest BCUT2D eigenvalue weighted by atomic mass is 10.1. The number of carbonyl (C=O) groups excluding carboxylic acids is 1. The lowest BCUT2D eigenvalue weighted by Gasteiger charge is -2.15. The lowest BCUT2D eigenvalue weighted by molar-refractivity contribution is -0.122. The summed E-state index contributed by atoms with van der Waals surface area (Å²) in [6.07, 6.45) is 6.70. The van der Waals surface area contributed by atoms with E-state index < -0.39 is 6.04 Å². The monoisotopic (exact) mass is 198 g/mol. The molecule has 0 fully saturated rings. The van der Waals surface area contributed by atoms with Crippen LogP contribution in [0.4, 0.5) is 0 Å². The number of amides is 1. The zero-order chi connectivity index (χ0) is 11.0. The van der Waals surface area contributed by atoms with E-state index in [-0.39, 0.29) is 25.0 Å². The van der Waals surface area contributed by atoms with Crippen LogP contribution < -0.4 is 11.1 Å². The fourth-order valence-electron chi connectivity index (χ4n) is 1.04. The fraction of sp³-hybridized carbons (Fsp3) is 0.700. The maximum Gasteiger partial charge on any atom is 0.238 e. The molecule has 0 aliphatic rings. The van der Waals surface area contributed by atoms with Gasteiger partial charge in [0.25, 0.3) is 0 Å². The van der Waals surface area contributed by atoms with Crippen LogP contribution in [0.5, 0.6) is 0 Å². The van der Waals surface area contributed by atoms with Gasteiger partial charge in [0.1, 0.15) is 0 Å². The van der Waals surface area contributed by atoms with Gasteiger partial charge in [-0.25, -0.2) is 0 Å². The van der Waals surface area contributed by atoms with Crippen LogP contribution in [-0.4, -0.2) is 29.7 Å². The molecule has 4 nitrogen and oxygen atoms in total. The van der Waals surface area contributed by atoms with Crippen LogP contribution in [0, 0.1) is 12.3 Å². The summed E-state index contributed by atoms with van der Waals surface area (Å²) in [4.78, 5) is 11.3. The van der Waals surface area contributed by atoms with E-state index in [4.69, 9.17) is 17.3 Å². The minimum absolute atomic E-state index is 0.0264. The van der Waals surface area contributed by atoms with Gasteiger partial charge < -0.3 is 16.2 Å². The van der Waals surface area contributed by atoms with E-state index in [0.717, 1.165) is 6.42 Å². The van der Waals surface area contributed by atoms with Crippen molar-refractivity contribution in [3.8, 4) is 12.3 Å². The summed E-state index contributed by atoms with van der Waals surface area (Å²) >= 11 is 0. The maximum atomic E-state index is 11.3. The smallest absolute Gasteiger partial charge is 0.238 e. The first-order valence-corrected chi connectivity index (χ1v) is 4.72. The minimum Gasteiger partial charge on any atom is -0.396 e. The van der Waals surface area contributed by atoms with E-state index >= 15 is 0 Å². The molecule has 0 aliphatic heterocycles. The molecule has 0 aromatic carbocycles. The van der Waals surface area contributed by atoms with E-state index in [2.05, 4.69) is 11.2 Å². The second-order valence-corrected chi connectivity index (χ2v) is 3.29. The van der Waals surface area contributed by atoms with Crippen molar-refractivity contribution in [2.45, 2.75) is 38.3 Å². The summed E-state index contributed by atoms with van der Waals surface area (Å²) in [6.45, 7) is 2.01. The molecule has 2 atom stereocenters. The number of terminal acetylenes is 1. The van der Waals surface area contributed by atoms with Crippen LogP contribution in [0.15, 0.2) is 0 Å². The van der Waals surface area contributed by atoms with Crippen molar-refractivity contribution in [3.63, 3.8) is 0 Å². The molecule has 0 aromatic rings. The largest absolute Gasteiger partial charge is 0.396 e. The molecule has 0 bridgehead atoms. The van der Waals surface area contributed by atoms with Gasteiger partial charge in [-0.3, -0.25) is 4.79 Å². The molecule has 0 radical (unpaired) electrons. The first kappa shape index (κ1) is 12.9. The highest BCUT2D eigenvalue weighted by molar-refractivity contribution is 5.82. The summed E-state index contributed by atoms with van der Waals surface area (Å²) in [5, 5.41) is 11.3. The van der Waals surface area contributed by atoms with Crippen LogP contribution in [0.25, 0.3) is 0 Å². The van der Waals surface area contributed by atoms with Crippen molar-refractivity contribution in [1.82, 2.24) is 5.32 Å². The number of nitrogens with one attached hydrogen (secondary N) is 1. The Morgan fingerprint density at radius 3 is 2.86 bits per heavy atom. The Kier molecular flexibility index (Phi) is 6.81. The first-order chi connectivity index (χ1) is 6.61. The van der Waals surface area contributed by atoms with Crippen LogP contribution in [-0.2, 0) is 4.79 Å². The minimum atomic E-state index is -0.628. The van der Waals surface area contributed by atoms with Crippen LogP contribution in [0.3, 0.4) is 0 Å². The van der Waals surface area contributed by atoms with Crippen LogP contribution in [0.2, 0.25) is 0 Å². The summed E-state index contributed by atoms with van der Waals surface area (Å²) in [7, 11) is 0. The molecule has 0 rings (SSSR count). The SMILES string of the molecule is C#CCC(N)C(=O)NC(C)CCCO. The molecule has 0 heterocycles. The van der Waals surface area contributed by atoms with Crippen molar-refractivity contribution in [2.24, 2.45) is 5.73 Å². The van der Waals surface area contributed by atoms with E-state index in [0.29, 0.717) is 6.42 Å². The third kappa shape index (κ3) is 5.57. The van der Waals surface area contributed by atoms with Crippen LogP contribution in [0.1, 0.15) is 26.2 Å². The Hall–Kier alpha value is -1.05. The highest BCUT2D eigenvalue weighted by atomic mass is 16.2. The summed E-state index contributed by atoms with van der Waals surface area (Å²) in [5.74, 6) is 2.11. The molecule has 0 aromatic heterocycles. The van der Waals surface area contributed by atoms with Crippen molar-refractivity contribution in [2.75, 3.05) is 6.61 Å². The van der Waals surface area contributed by atoms with Crippen molar-refractivity contribution >= 4 is 5.91 Å². The Bertz CT molecular complexity index is 211. The highest BCUT2D eigenvalue weighted by Crippen LogP contribution is 1.96. The molecule has 14 heavy (non-hydrogen) atoms. The lowest BCUT2D eigenvalue weighted by Crippen LogP contribution is -2.44. The van der Waals surface area contributed by atoms with Crippen molar-refractivity contribution < 1.29 is 9.90 Å². The Morgan fingerprint density at radius 2 is 2.36 bits per heavy atom. The number of hydrogen-bond donors (Lipinski definition) is 3. The molecule has 80 valence electrons. The van der Waals surface area contributed by atoms with Gasteiger partial charge in [-0.2, -0.15) is 0 Å². The zero-order valence-corrected chi connectivity index (χ0v) is 8.49. The molecule has 0 spiro atoms. The number of aliphatic hydroxyl groups excluding tert-OH is 1. The average molecular weight is 198 g/mol. The quantitative estimate of drug-likeness (QED) is 0.509. The zero-order valence-electron chi connectivity index (χ0n) is 8.49. The van der Waals surface area contributed by atoms with Gasteiger partial charge in [-0.1, -0.05) is 0 Å². The summed E-state index contributed by atoms with van der Waals surface area (Å²) in [5.41, 5.74) is 5.50. The predicted octanol–water partition coefficient (Wildman–Crippen LogP) is -0.386. The second kappa shape index (κ2) is 7.36. The third-order valence-electron chi connectivity index (χ3n) is 1.86. The molecule has 0 saturated heterocycles. The van der Waals surface area contributed by atoms with Gasteiger partial charge in [-0.15, -0.1) is 12.3 Å². The fourth-order valence-corrected chi connectivity index (χ4v) is 1.04. The van der Waals surface area contributed by atoms with Gasteiger partial charge in [0.2, 0.25) is 5.91 Å². The topological polar surface area (TPSA) is 75.4 Å². The molecule has 2 unspecified atom stereocenters. The van der Waals surface area contributed by atoms with Gasteiger partial charge in [0.15, 0.2) is 0 Å². The van der Waals surface area contributed by atoms with Gasteiger partial charge >= 0.3 is 0 Å². The Morgan fingerprint density at radius 1 is 1.71 bits per heavy atom. The summed E-state index contributed by atoms with van der Waals surface area (Å²) in [6, 6.07) is -0.602. The molecule has 1 amide bonds. The van der Waals surface area contributed by atoms with Gasteiger partial charge in [0.05, 0.1) is 6.04 Å². The second-order valence-electron chi connectivity index (χ2n) is 3.29. The van der Waals surface area contributed by atoms with E-state index in [1.54, 1.807) is 0 Å². The molecular formula is C10H18N2O2. The number of carbonyl (C=O) groups is 1. The van der Waals surface area contributed by atoms with E-state index in [9.17, 15) is 4.79 Å². The maximum absolute atomic E-state index is 11.3. The normalized spacial score (nSPS) is 14.1. The van der Waals surface area contributed by atoms with Crippen molar-refractivity contribution in [3.05, 3.63) is 0 Å². The number of rotatable bonds is 6. The van der Waals surface area contributed by atoms with Gasteiger partial charge in [0, 0.05) is 19.1 Å². The Labute approximate surface area is 84.9 Å².